The molecule has 1 aromatic heterocycles. The molecule has 0 saturated heterocycles. The summed E-state index contributed by atoms with van der Waals surface area (Å²) in [5, 5.41) is 3.36. The molecule has 2 amide bonds. The number of ether oxygens (including phenoxy) is 2. The van der Waals surface area contributed by atoms with Crippen LogP contribution in [0.1, 0.15) is 33.2 Å². The molecule has 3 rings (SSSR count). The number of hydrogen-bond acceptors (Lipinski definition) is 5. The molecule has 0 radical (unpaired) electrons. The van der Waals surface area contributed by atoms with Gasteiger partial charge in [0.15, 0.2) is 11.5 Å². The number of hydrogen-bond donors (Lipinski definition) is 2. The molecule has 0 aliphatic heterocycles. The minimum absolute atomic E-state index is 0.113. The Balaban J connectivity index is 2.18. The maximum atomic E-state index is 13.0. The van der Waals surface area contributed by atoms with Gasteiger partial charge >= 0.3 is 0 Å². The van der Waals surface area contributed by atoms with Gasteiger partial charge in [-0.3, -0.25) is 14.6 Å². The van der Waals surface area contributed by atoms with E-state index in [1.165, 1.54) is 20.4 Å². The summed E-state index contributed by atoms with van der Waals surface area (Å²) in [7, 11) is 3.02. The summed E-state index contributed by atoms with van der Waals surface area (Å²) in [4.78, 5) is 29.2. The number of amides is 2. The SMILES string of the molecule is CCc1ccccc1C(=O)Nc1c(C(N)=O)cnc2cc(OC)c(OC)cc12. The number of pyridine rings is 1. The first-order chi connectivity index (χ1) is 13.5. The van der Waals surface area contributed by atoms with Gasteiger partial charge in [0.25, 0.3) is 11.8 Å². The zero-order chi connectivity index (χ0) is 20.3. The van der Waals surface area contributed by atoms with E-state index in [1.807, 2.05) is 19.1 Å². The fourth-order valence-corrected chi connectivity index (χ4v) is 3.07. The Hall–Kier alpha value is -3.61. The Bertz CT molecular complexity index is 1060. The molecule has 0 bridgehead atoms. The minimum atomic E-state index is -0.691. The van der Waals surface area contributed by atoms with Crippen LogP contribution >= 0.6 is 0 Å². The number of benzene rings is 2. The Morgan fingerprint density at radius 2 is 1.75 bits per heavy atom. The Kier molecular flexibility index (Phi) is 5.44. The Labute approximate surface area is 162 Å². The second-order valence-corrected chi connectivity index (χ2v) is 6.10. The van der Waals surface area contributed by atoms with E-state index in [4.69, 9.17) is 15.2 Å². The largest absolute Gasteiger partial charge is 0.493 e. The molecule has 3 N–H and O–H groups in total. The third-order valence-electron chi connectivity index (χ3n) is 4.52. The summed E-state index contributed by atoms with van der Waals surface area (Å²) in [5.41, 5.74) is 7.88. The lowest BCUT2D eigenvalue weighted by atomic mass is 10.0. The second kappa shape index (κ2) is 7.96. The molecule has 7 heteroatoms. The first-order valence-electron chi connectivity index (χ1n) is 8.73. The van der Waals surface area contributed by atoms with Gasteiger partial charge in [-0.15, -0.1) is 0 Å². The molecule has 0 unspecified atom stereocenters. The quantitative estimate of drug-likeness (QED) is 0.685. The number of carbonyl (C=O) groups excluding carboxylic acids is 2. The fraction of sp³-hybridized carbons (Fsp3) is 0.190. The zero-order valence-corrected chi connectivity index (χ0v) is 15.9. The Morgan fingerprint density at radius 1 is 1.07 bits per heavy atom. The van der Waals surface area contributed by atoms with Gasteiger partial charge in [-0.1, -0.05) is 25.1 Å². The predicted octanol–water partition coefficient (Wildman–Crippen LogP) is 3.17. The fourth-order valence-electron chi connectivity index (χ4n) is 3.07. The molecule has 1 heterocycles. The van der Waals surface area contributed by atoms with Crippen molar-refractivity contribution in [1.29, 1.82) is 0 Å². The first kappa shape index (κ1) is 19.2. The maximum absolute atomic E-state index is 13.0. The van der Waals surface area contributed by atoms with Crippen LogP contribution in [0.25, 0.3) is 10.9 Å². The number of carbonyl (C=O) groups is 2. The van der Waals surface area contributed by atoms with Crippen LogP contribution in [0.5, 0.6) is 11.5 Å². The van der Waals surface area contributed by atoms with Gasteiger partial charge < -0.3 is 20.5 Å². The highest BCUT2D eigenvalue weighted by molar-refractivity contribution is 6.15. The van der Waals surface area contributed by atoms with E-state index in [0.29, 0.717) is 34.4 Å². The van der Waals surface area contributed by atoms with Crippen LogP contribution in [0.4, 0.5) is 5.69 Å². The number of primary amides is 1. The molecule has 0 spiro atoms. The van der Waals surface area contributed by atoms with Crippen molar-refractivity contribution in [2.24, 2.45) is 5.73 Å². The molecular formula is C21H21N3O4. The van der Waals surface area contributed by atoms with Crippen LogP contribution in [0.2, 0.25) is 0 Å². The number of aromatic nitrogens is 1. The molecule has 2 aromatic carbocycles. The summed E-state index contributed by atoms with van der Waals surface area (Å²) in [6.07, 6.45) is 2.05. The van der Waals surface area contributed by atoms with E-state index < -0.39 is 5.91 Å². The van der Waals surface area contributed by atoms with Crippen LogP contribution in [0, 0.1) is 0 Å². The van der Waals surface area contributed by atoms with Crippen LogP contribution in [-0.2, 0) is 6.42 Å². The van der Waals surface area contributed by atoms with Crippen molar-refractivity contribution < 1.29 is 19.1 Å². The van der Waals surface area contributed by atoms with Crippen molar-refractivity contribution >= 4 is 28.4 Å². The molecule has 0 aliphatic carbocycles. The summed E-state index contributed by atoms with van der Waals surface area (Å²) in [5.74, 6) is -0.0868. The maximum Gasteiger partial charge on any atom is 0.255 e. The lowest BCUT2D eigenvalue weighted by Crippen LogP contribution is -2.20. The smallest absolute Gasteiger partial charge is 0.255 e. The summed E-state index contributed by atoms with van der Waals surface area (Å²) < 4.78 is 10.6. The normalized spacial score (nSPS) is 10.5. The monoisotopic (exact) mass is 379 g/mol. The van der Waals surface area contributed by atoms with Gasteiger partial charge in [-0.05, 0) is 24.1 Å². The van der Waals surface area contributed by atoms with Gasteiger partial charge in [-0.2, -0.15) is 0 Å². The standard InChI is InChI=1S/C21H21N3O4/c1-4-12-7-5-6-8-13(12)21(26)24-19-14-9-17(27-2)18(28-3)10-16(14)23-11-15(19)20(22)25/h5-11H,4H2,1-3H3,(H2,22,25)(H,23,24,26). The molecule has 0 saturated carbocycles. The molecule has 7 nitrogen and oxygen atoms in total. The van der Waals surface area contributed by atoms with Crippen molar-refractivity contribution in [2.75, 3.05) is 19.5 Å². The summed E-state index contributed by atoms with van der Waals surface area (Å²) in [6.45, 7) is 1.97. The molecule has 3 aromatic rings. The highest BCUT2D eigenvalue weighted by atomic mass is 16.5. The van der Waals surface area contributed by atoms with Crippen LogP contribution in [-0.4, -0.2) is 31.0 Å². The third kappa shape index (κ3) is 3.46. The van der Waals surface area contributed by atoms with Crippen molar-refractivity contribution in [3.63, 3.8) is 0 Å². The summed E-state index contributed by atoms with van der Waals surface area (Å²) in [6, 6.07) is 10.6. The number of anilines is 1. The molecule has 0 fully saturated rings. The number of methoxy groups -OCH3 is 2. The van der Waals surface area contributed by atoms with Crippen LogP contribution in [0.15, 0.2) is 42.6 Å². The van der Waals surface area contributed by atoms with Crippen LogP contribution < -0.4 is 20.5 Å². The predicted molar refractivity (Wildman–Crippen MR) is 107 cm³/mol. The molecule has 144 valence electrons. The molecule has 28 heavy (non-hydrogen) atoms. The number of nitrogens with zero attached hydrogens (tertiary/aromatic N) is 1. The first-order valence-corrected chi connectivity index (χ1v) is 8.73. The number of nitrogens with two attached hydrogens (primary N) is 1. The highest BCUT2D eigenvalue weighted by Crippen LogP contribution is 2.36. The lowest BCUT2D eigenvalue weighted by Gasteiger charge is -2.15. The molecular weight excluding hydrogens is 358 g/mol. The number of aryl methyl sites for hydroxylation is 1. The number of nitrogens with one attached hydrogen (secondary N) is 1. The lowest BCUT2D eigenvalue weighted by molar-refractivity contribution is 0.100. The third-order valence-corrected chi connectivity index (χ3v) is 4.52. The van der Waals surface area contributed by atoms with Gasteiger partial charge in [0.2, 0.25) is 0 Å². The van der Waals surface area contributed by atoms with Crippen molar-refractivity contribution in [1.82, 2.24) is 4.98 Å². The van der Waals surface area contributed by atoms with Crippen LogP contribution in [0.3, 0.4) is 0 Å². The van der Waals surface area contributed by atoms with E-state index >= 15 is 0 Å². The van der Waals surface area contributed by atoms with E-state index in [9.17, 15) is 9.59 Å². The zero-order valence-electron chi connectivity index (χ0n) is 15.9. The number of fused-ring (bicyclic) bond motifs is 1. The topological polar surface area (TPSA) is 104 Å². The Morgan fingerprint density at radius 3 is 2.39 bits per heavy atom. The number of rotatable bonds is 6. The van der Waals surface area contributed by atoms with Gasteiger partial charge in [-0.25, -0.2) is 0 Å². The van der Waals surface area contributed by atoms with Gasteiger partial charge in [0.1, 0.15) is 0 Å². The minimum Gasteiger partial charge on any atom is -0.493 e. The van der Waals surface area contributed by atoms with Gasteiger partial charge in [0, 0.05) is 23.2 Å². The second-order valence-electron chi connectivity index (χ2n) is 6.10. The highest BCUT2D eigenvalue weighted by Gasteiger charge is 2.19. The van der Waals surface area contributed by atoms with Gasteiger partial charge in [0.05, 0.1) is 31.0 Å². The summed E-state index contributed by atoms with van der Waals surface area (Å²) >= 11 is 0. The van der Waals surface area contributed by atoms with Crippen molar-refractivity contribution in [3.05, 3.63) is 59.3 Å². The van der Waals surface area contributed by atoms with E-state index in [0.717, 1.165) is 5.56 Å². The van der Waals surface area contributed by atoms with E-state index in [2.05, 4.69) is 10.3 Å². The molecule has 0 atom stereocenters. The van der Waals surface area contributed by atoms with E-state index in [1.54, 1.807) is 24.3 Å². The average molecular weight is 379 g/mol. The van der Waals surface area contributed by atoms with Crippen molar-refractivity contribution in [2.45, 2.75) is 13.3 Å². The molecule has 0 aliphatic rings. The van der Waals surface area contributed by atoms with Crippen molar-refractivity contribution in [3.8, 4) is 11.5 Å². The average Bonchev–Trinajstić information content (AvgIpc) is 2.72. The van der Waals surface area contributed by atoms with E-state index in [-0.39, 0.29) is 17.2 Å².